The molecule has 0 saturated carbocycles. The van der Waals surface area contributed by atoms with Gasteiger partial charge >= 0.3 is 6.03 Å². The number of carbonyl (C=O) groups excluding carboxylic acids is 3. The Morgan fingerprint density at radius 1 is 1.28 bits per heavy atom. The van der Waals surface area contributed by atoms with Crippen LogP contribution < -0.4 is 15.4 Å². The van der Waals surface area contributed by atoms with E-state index in [-0.39, 0.29) is 24.6 Å². The highest BCUT2D eigenvalue weighted by Crippen LogP contribution is 2.28. The molecule has 1 aromatic heterocycles. The predicted octanol–water partition coefficient (Wildman–Crippen LogP) is 0.815. The summed E-state index contributed by atoms with van der Waals surface area (Å²) < 4.78 is 18.5. The van der Waals surface area contributed by atoms with Crippen LogP contribution in [0, 0.1) is 17.7 Å². The lowest BCUT2D eigenvalue weighted by Gasteiger charge is -2.26. The quantitative estimate of drug-likeness (QED) is 0.593. The summed E-state index contributed by atoms with van der Waals surface area (Å²) in [7, 11) is 1.50. The SMILES string of the molecule is COc1ccc2c(c1)C(=O)N(C[C@@]1(C#Cc3cncc(F)c3)NC(=O)NC1=O)C2. The number of rotatable bonds is 3. The number of benzene rings is 1. The molecule has 4 amide bonds. The molecule has 1 saturated heterocycles. The number of aromatic nitrogens is 1. The number of nitrogens with zero attached hydrogens (tertiary/aromatic N) is 2. The molecule has 2 aromatic rings. The van der Waals surface area contributed by atoms with Gasteiger partial charge in [-0.3, -0.25) is 19.9 Å². The van der Waals surface area contributed by atoms with Gasteiger partial charge in [-0.2, -0.15) is 0 Å². The van der Waals surface area contributed by atoms with E-state index in [1.54, 1.807) is 18.2 Å². The molecule has 4 rings (SSSR count). The van der Waals surface area contributed by atoms with Gasteiger partial charge in [0, 0.05) is 23.9 Å². The third-order valence-corrected chi connectivity index (χ3v) is 4.69. The molecule has 8 nitrogen and oxygen atoms in total. The summed E-state index contributed by atoms with van der Waals surface area (Å²) in [6, 6.07) is 5.59. The van der Waals surface area contributed by atoms with E-state index in [1.807, 2.05) is 0 Å². The number of carbonyl (C=O) groups is 3. The van der Waals surface area contributed by atoms with Crippen LogP contribution >= 0.6 is 0 Å². The van der Waals surface area contributed by atoms with Gasteiger partial charge in [0.1, 0.15) is 11.6 Å². The van der Waals surface area contributed by atoms with Crippen molar-refractivity contribution in [3.8, 4) is 17.6 Å². The first-order valence-corrected chi connectivity index (χ1v) is 8.64. The van der Waals surface area contributed by atoms with Gasteiger partial charge in [0.2, 0.25) is 5.54 Å². The van der Waals surface area contributed by atoms with Crippen LogP contribution in [-0.2, 0) is 11.3 Å². The van der Waals surface area contributed by atoms with Gasteiger partial charge in [-0.25, -0.2) is 9.18 Å². The lowest BCUT2D eigenvalue weighted by Crippen LogP contribution is -2.54. The maximum absolute atomic E-state index is 13.4. The Morgan fingerprint density at radius 3 is 2.79 bits per heavy atom. The number of hydrogen-bond donors (Lipinski definition) is 2. The van der Waals surface area contributed by atoms with Crippen LogP contribution in [0.15, 0.2) is 36.7 Å². The zero-order valence-electron chi connectivity index (χ0n) is 15.3. The van der Waals surface area contributed by atoms with Crippen molar-refractivity contribution < 1.29 is 23.5 Å². The van der Waals surface area contributed by atoms with Crippen LogP contribution in [0.5, 0.6) is 5.75 Å². The second-order valence-corrected chi connectivity index (χ2v) is 6.64. The number of ether oxygens (including phenoxy) is 1. The molecule has 29 heavy (non-hydrogen) atoms. The van der Waals surface area contributed by atoms with Gasteiger partial charge < -0.3 is 15.0 Å². The van der Waals surface area contributed by atoms with Crippen molar-refractivity contribution >= 4 is 17.8 Å². The highest BCUT2D eigenvalue weighted by molar-refractivity contribution is 6.10. The zero-order chi connectivity index (χ0) is 20.6. The number of fused-ring (bicyclic) bond motifs is 1. The van der Waals surface area contributed by atoms with Crippen molar-refractivity contribution in [2.45, 2.75) is 12.1 Å². The molecule has 1 fully saturated rings. The van der Waals surface area contributed by atoms with E-state index in [0.717, 1.165) is 17.8 Å². The third kappa shape index (κ3) is 3.36. The Kier molecular flexibility index (Phi) is 4.39. The van der Waals surface area contributed by atoms with E-state index >= 15 is 0 Å². The molecule has 0 spiro atoms. The first-order chi connectivity index (χ1) is 13.9. The Labute approximate surface area is 165 Å². The van der Waals surface area contributed by atoms with Crippen LogP contribution in [0.25, 0.3) is 0 Å². The van der Waals surface area contributed by atoms with Gasteiger partial charge in [-0.05, 0) is 23.8 Å². The van der Waals surface area contributed by atoms with Crippen LogP contribution in [0.3, 0.4) is 0 Å². The molecule has 2 aliphatic heterocycles. The highest BCUT2D eigenvalue weighted by atomic mass is 19.1. The minimum Gasteiger partial charge on any atom is -0.497 e. The van der Waals surface area contributed by atoms with Crippen LogP contribution in [0.4, 0.5) is 9.18 Å². The fourth-order valence-corrected chi connectivity index (χ4v) is 3.27. The summed E-state index contributed by atoms with van der Waals surface area (Å²) in [5, 5.41) is 4.64. The number of amides is 4. The number of halogens is 1. The molecule has 1 aromatic carbocycles. The fraction of sp³-hybridized carbons (Fsp3) is 0.200. The summed E-state index contributed by atoms with van der Waals surface area (Å²) in [6.45, 7) is 0.0857. The molecular formula is C20H15FN4O4. The number of pyridine rings is 1. The first kappa shape index (κ1) is 18.4. The van der Waals surface area contributed by atoms with E-state index in [2.05, 4.69) is 27.5 Å². The van der Waals surface area contributed by atoms with Crippen molar-refractivity contribution in [2.75, 3.05) is 13.7 Å². The summed E-state index contributed by atoms with van der Waals surface area (Å²) >= 11 is 0. The Hall–Kier alpha value is -3.93. The van der Waals surface area contributed by atoms with Gasteiger partial charge in [0.05, 0.1) is 19.9 Å². The zero-order valence-corrected chi connectivity index (χ0v) is 15.3. The largest absolute Gasteiger partial charge is 0.497 e. The number of imide groups is 1. The minimum absolute atomic E-state index is 0.170. The maximum atomic E-state index is 13.4. The number of hydrogen-bond acceptors (Lipinski definition) is 5. The molecular weight excluding hydrogens is 379 g/mol. The van der Waals surface area contributed by atoms with Crippen LogP contribution in [-0.4, -0.2) is 46.9 Å². The molecule has 146 valence electrons. The Bertz CT molecular complexity index is 1110. The van der Waals surface area contributed by atoms with Crippen molar-refractivity contribution in [1.29, 1.82) is 0 Å². The average molecular weight is 394 g/mol. The molecule has 0 radical (unpaired) electrons. The molecule has 3 heterocycles. The third-order valence-electron chi connectivity index (χ3n) is 4.69. The number of nitrogens with one attached hydrogen (secondary N) is 2. The smallest absolute Gasteiger partial charge is 0.323 e. The average Bonchev–Trinajstić information content (AvgIpc) is 3.15. The predicted molar refractivity (Wildman–Crippen MR) is 98.2 cm³/mol. The van der Waals surface area contributed by atoms with Crippen molar-refractivity contribution in [1.82, 2.24) is 20.5 Å². The number of urea groups is 1. The van der Waals surface area contributed by atoms with E-state index in [4.69, 9.17) is 4.74 Å². The van der Waals surface area contributed by atoms with Crippen molar-refractivity contribution in [3.05, 3.63) is 59.2 Å². The van der Waals surface area contributed by atoms with Crippen molar-refractivity contribution in [3.63, 3.8) is 0 Å². The summed E-state index contributed by atoms with van der Waals surface area (Å²) in [6.07, 6.45) is 2.36. The van der Waals surface area contributed by atoms with Crippen molar-refractivity contribution in [2.24, 2.45) is 0 Å². The topological polar surface area (TPSA) is 101 Å². The molecule has 2 aliphatic rings. The first-order valence-electron chi connectivity index (χ1n) is 8.64. The Morgan fingerprint density at radius 2 is 2.10 bits per heavy atom. The minimum atomic E-state index is -1.66. The molecule has 1 atom stereocenters. The fourth-order valence-electron chi connectivity index (χ4n) is 3.27. The molecule has 2 N–H and O–H groups in total. The maximum Gasteiger partial charge on any atom is 0.323 e. The summed E-state index contributed by atoms with van der Waals surface area (Å²) in [5.74, 6) is 4.34. The Balaban J connectivity index is 1.65. The monoisotopic (exact) mass is 394 g/mol. The van der Waals surface area contributed by atoms with Gasteiger partial charge in [0.25, 0.3) is 11.8 Å². The van der Waals surface area contributed by atoms with E-state index in [0.29, 0.717) is 11.3 Å². The van der Waals surface area contributed by atoms with E-state index < -0.39 is 23.3 Å². The molecule has 0 unspecified atom stereocenters. The van der Waals surface area contributed by atoms with Gasteiger partial charge in [0.15, 0.2) is 0 Å². The lowest BCUT2D eigenvalue weighted by molar-refractivity contribution is -0.122. The van der Waals surface area contributed by atoms with Crippen LogP contribution in [0.2, 0.25) is 0 Å². The summed E-state index contributed by atoms with van der Waals surface area (Å²) in [5.41, 5.74) is -0.186. The lowest BCUT2D eigenvalue weighted by atomic mass is 9.99. The second kappa shape index (κ2) is 6.91. The summed E-state index contributed by atoms with van der Waals surface area (Å²) in [4.78, 5) is 42.3. The molecule has 0 bridgehead atoms. The highest BCUT2D eigenvalue weighted by Gasteiger charge is 2.48. The van der Waals surface area contributed by atoms with E-state index in [9.17, 15) is 18.8 Å². The van der Waals surface area contributed by atoms with Crippen LogP contribution in [0.1, 0.15) is 21.5 Å². The van der Waals surface area contributed by atoms with Gasteiger partial charge in [-0.1, -0.05) is 17.9 Å². The number of methoxy groups -OCH3 is 1. The molecule has 0 aliphatic carbocycles. The second-order valence-electron chi connectivity index (χ2n) is 6.64. The molecule has 9 heteroatoms. The normalized spacial score (nSPS) is 19.9. The standard InChI is InChI=1S/C20H15FN4O4/c1-29-15-3-2-13-10-25(17(26)16(13)7-15)11-20(18(27)23-19(28)24-20)5-4-12-6-14(21)9-22-8-12/h2-3,6-9H,10-11H2,1H3,(H2,23,24,27,28)/t20-/m1/s1. The van der Waals surface area contributed by atoms with Gasteiger partial charge in [-0.15, -0.1) is 0 Å². The van der Waals surface area contributed by atoms with E-state index in [1.165, 1.54) is 18.2 Å².